The molecule has 0 aliphatic carbocycles. The second-order valence-corrected chi connectivity index (χ2v) is 12.7. The van der Waals surface area contributed by atoms with Crippen molar-refractivity contribution in [2.24, 2.45) is 0 Å². The molecule has 0 unspecified atom stereocenters. The SMILES string of the molecule is CCCCCCCCCCCCCCCCCC(=O)N(CCCCCCCCCCCC)[C@@H]1OC[C@H](O)[C@H](O)[C@H]1O. The molecule has 0 aromatic heterocycles. The Bertz CT molecular complexity index is 589. The van der Waals surface area contributed by atoms with Crippen LogP contribution in [0.4, 0.5) is 0 Å². The third kappa shape index (κ3) is 19.3. The van der Waals surface area contributed by atoms with Crippen LogP contribution < -0.4 is 0 Å². The van der Waals surface area contributed by atoms with E-state index in [2.05, 4.69) is 13.8 Å². The van der Waals surface area contributed by atoms with Gasteiger partial charge in [0, 0.05) is 13.0 Å². The normalized spacial score (nSPS) is 20.9. The van der Waals surface area contributed by atoms with E-state index < -0.39 is 24.5 Å². The monoisotopic (exact) mass is 584 g/mol. The fraction of sp³-hybridized carbons (Fsp3) is 0.971. The summed E-state index contributed by atoms with van der Waals surface area (Å²) in [5.41, 5.74) is 0. The van der Waals surface area contributed by atoms with Crippen LogP contribution in [0.2, 0.25) is 0 Å². The average molecular weight is 584 g/mol. The van der Waals surface area contributed by atoms with Crippen molar-refractivity contribution in [2.45, 2.75) is 205 Å². The molecule has 0 radical (unpaired) electrons. The molecule has 244 valence electrons. The predicted molar refractivity (Wildman–Crippen MR) is 171 cm³/mol. The third-order valence-corrected chi connectivity index (χ3v) is 8.85. The van der Waals surface area contributed by atoms with Crippen LogP contribution in [0.25, 0.3) is 0 Å². The number of carbonyl (C=O) groups is 1. The molecule has 1 fully saturated rings. The molecule has 41 heavy (non-hydrogen) atoms. The number of nitrogens with zero attached hydrogens (tertiary/aromatic N) is 1. The standard InChI is InChI=1S/C35H69NO5/c1-3-5-7-9-11-13-15-16-17-18-19-20-22-24-26-28-32(38)36(35-34(40)33(39)31(37)30-41-35)29-27-25-23-21-14-12-10-8-6-4-2/h31,33-35,37,39-40H,3-30H2,1-2H3/t31-,33-,34+,35+/m0/s1. The first-order chi connectivity index (χ1) is 20.0. The molecular weight excluding hydrogens is 514 g/mol. The van der Waals surface area contributed by atoms with Crippen LogP contribution in [-0.2, 0) is 9.53 Å². The summed E-state index contributed by atoms with van der Waals surface area (Å²) in [6.07, 6.45) is 27.4. The Hall–Kier alpha value is -0.690. The van der Waals surface area contributed by atoms with Crippen molar-refractivity contribution >= 4 is 5.91 Å². The van der Waals surface area contributed by atoms with E-state index in [0.29, 0.717) is 13.0 Å². The van der Waals surface area contributed by atoms with Crippen molar-refractivity contribution in [1.29, 1.82) is 0 Å². The van der Waals surface area contributed by atoms with E-state index in [1.807, 2.05) is 0 Å². The van der Waals surface area contributed by atoms with Gasteiger partial charge in [-0.2, -0.15) is 0 Å². The van der Waals surface area contributed by atoms with Crippen molar-refractivity contribution < 1.29 is 24.9 Å². The number of amides is 1. The fourth-order valence-corrected chi connectivity index (χ4v) is 6.02. The number of aliphatic hydroxyl groups excluding tert-OH is 3. The number of aliphatic hydroxyl groups is 3. The molecular formula is C35H69NO5. The van der Waals surface area contributed by atoms with Crippen LogP contribution in [-0.4, -0.2) is 63.8 Å². The van der Waals surface area contributed by atoms with Gasteiger partial charge in [-0.1, -0.05) is 162 Å². The lowest BCUT2D eigenvalue weighted by molar-refractivity contribution is -0.228. The lowest BCUT2D eigenvalue weighted by Gasteiger charge is -2.41. The second-order valence-electron chi connectivity index (χ2n) is 12.7. The molecule has 1 aliphatic rings. The molecule has 6 nitrogen and oxygen atoms in total. The van der Waals surface area contributed by atoms with Gasteiger partial charge in [-0.3, -0.25) is 4.79 Å². The highest BCUT2D eigenvalue weighted by Gasteiger charge is 2.41. The molecule has 1 aliphatic heterocycles. The zero-order valence-corrected chi connectivity index (χ0v) is 27.2. The highest BCUT2D eigenvalue weighted by atomic mass is 16.5. The summed E-state index contributed by atoms with van der Waals surface area (Å²) >= 11 is 0. The maximum Gasteiger partial charge on any atom is 0.224 e. The average Bonchev–Trinajstić information content (AvgIpc) is 2.97. The Kier molecular flexibility index (Phi) is 25.2. The number of rotatable bonds is 28. The summed E-state index contributed by atoms with van der Waals surface area (Å²) in [5, 5.41) is 30.6. The van der Waals surface area contributed by atoms with Gasteiger partial charge in [-0.05, 0) is 12.8 Å². The van der Waals surface area contributed by atoms with Crippen molar-refractivity contribution in [3.8, 4) is 0 Å². The lowest BCUT2D eigenvalue weighted by Crippen LogP contribution is -2.60. The summed E-state index contributed by atoms with van der Waals surface area (Å²) in [6, 6.07) is 0. The predicted octanol–water partition coefficient (Wildman–Crippen LogP) is 8.44. The smallest absolute Gasteiger partial charge is 0.224 e. The molecule has 4 atom stereocenters. The minimum absolute atomic E-state index is 0.0109. The van der Waals surface area contributed by atoms with Crippen molar-refractivity contribution in [3.05, 3.63) is 0 Å². The van der Waals surface area contributed by atoms with Gasteiger partial charge >= 0.3 is 0 Å². The number of ether oxygens (including phenoxy) is 1. The van der Waals surface area contributed by atoms with Gasteiger partial charge in [-0.15, -0.1) is 0 Å². The molecule has 0 aromatic rings. The number of hydrogen-bond acceptors (Lipinski definition) is 5. The minimum atomic E-state index is -1.29. The first-order valence-corrected chi connectivity index (χ1v) is 18.0. The Morgan fingerprint density at radius 3 is 1.34 bits per heavy atom. The topological polar surface area (TPSA) is 90.2 Å². The van der Waals surface area contributed by atoms with Crippen LogP contribution >= 0.6 is 0 Å². The van der Waals surface area contributed by atoms with Crippen molar-refractivity contribution in [3.63, 3.8) is 0 Å². The summed E-state index contributed by atoms with van der Waals surface area (Å²) < 4.78 is 5.67. The number of unbranched alkanes of at least 4 members (excludes halogenated alkanes) is 23. The van der Waals surface area contributed by atoms with Crippen molar-refractivity contribution in [2.75, 3.05) is 13.2 Å². The molecule has 1 saturated heterocycles. The maximum absolute atomic E-state index is 13.2. The lowest BCUT2D eigenvalue weighted by atomic mass is 10.0. The third-order valence-electron chi connectivity index (χ3n) is 8.85. The Morgan fingerprint density at radius 1 is 0.561 bits per heavy atom. The molecule has 0 spiro atoms. The van der Waals surface area contributed by atoms with Gasteiger partial charge in [0.1, 0.15) is 18.3 Å². The van der Waals surface area contributed by atoms with Crippen LogP contribution in [0.1, 0.15) is 181 Å². The van der Waals surface area contributed by atoms with Crippen LogP contribution in [0, 0.1) is 0 Å². The van der Waals surface area contributed by atoms with E-state index in [1.165, 1.54) is 122 Å². The largest absolute Gasteiger partial charge is 0.388 e. The summed E-state index contributed by atoms with van der Waals surface area (Å²) in [7, 11) is 0. The van der Waals surface area contributed by atoms with Crippen molar-refractivity contribution in [1.82, 2.24) is 4.90 Å². The van der Waals surface area contributed by atoms with Gasteiger partial charge in [0.25, 0.3) is 0 Å². The summed E-state index contributed by atoms with van der Waals surface area (Å²) in [4.78, 5) is 14.8. The molecule has 0 bridgehead atoms. The molecule has 1 rings (SSSR count). The van der Waals surface area contributed by atoms with E-state index in [-0.39, 0.29) is 12.5 Å². The molecule has 3 N–H and O–H groups in total. The molecule has 6 heteroatoms. The highest BCUT2D eigenvalue weighted by molar-refractivity contribution is 5.76. The van der Waals surface area contributed by atoms with E-state index >= 15 is 0 Å². The van der Waals surface area contributed by atoms with E-state index in [4.69, 9.17) is 4.74 Å². The summed E-state index contributed by atoms with van der Waals surface area (Å²) in [6.45, 7) is 4.98. The van der Waals surface area contributed by atoms with Gasteiger partial charge < -0.3 is 25.0 Å². The Balaban J connectivity index is 2.22. The highest BCUT2D eigenvalue weighted by Crippen LogP contribution is 2.22. The van der Waals surface area contributed by atoms with Gasteiger partial charge in [0.15, 0.2) is 6.23 Å². The quantitative estimate of drug-likeness (QED) is 0.0804. The van der Waals surface area contributed by atoms with E-state index in [0.717, 1.165) is 38.5 Å². The number of carbonyl (C=O) groups excluding carboxylic acids is 1. The molecule has 0 saturated carbocycles. The Morgan fingerprint density at radius 2 is 0.927 bits per heavy atom. The molecule has 0 aromatic carbocycles. The zero-order valence-electron chi connectivity index (χ0n) is 27.2. The number of hydrogen-bond donors (Lipinski definition) is 3. The summed E-state index contributed by atoms with van der Waals surface area (Å²) in [5.74, 6) is -0.0109. The molecule has 1 amide bonds. The van der Waals surface area contributed by atoms with Crippen LogP contribution in [0.3, 0.4) is 0 Å². The van der Waals surface area contributed by atoms with Crippen LogP contribution in [0.15, 0.2) is 0 Å². The fourth-order valence-electron chi connectivity index (χ4n) is 6.02. The maximum atomic E-state index is 13.2. The van der Waals surface area contributed by atoms with E-state index in [1.54, 1.807) is 4.90 Å². The first-order valence-electron chi connectivity index (χ1n) is 18.0. The molecule has 1 heterocycles. The van der Waals surface area contributed by atoms with Gasteiger partial charge in [0.05, 0.1) is 6.61 Å². The van der Waals surface area contributed by atoms with Crippen LogP contribution in [0.5, 0.6) is 0 Å². The zero-order chi connectivity index (χ0) is 30.0. The van der Waals surface area contributed by atoms with Gasteiger partial charge in [-0.25, -0.2) is 0 Å². The first kappa shape index (κ1) is 38.3. The van der Waals surface area contributed by atoms with E-state index in [9.17, 15) is 20.1 Å². The Labute approximate surface area is 254 Å². The minimum Gasteiger partial charge on any atom is -0.388 e. The van der Waals surface area contributed by atoms with Gasteiger partial charge in [0.2, 0.25) is 5.91 Å². The second kappa shape index (κ2) is 26.9.